The van der Waals surface area contributed by atoms with Crippen molar-refractivity contribution < 1.29 is 23.8 Å². The largest absolute Gasteiger partial charge is 0.490 e. The summed E-state index contributed by atoms with van der Waals surface area (Å²) >= 11 is 0. The van der Waals surface area contributed by atoms with E-state index in [0.717, 1.165) is 0 Å². The molecule has 132 valence electrons. The molecule has 0 saturated carbocycles. The summed E-state index contributed by atoms with van der Waals surface area (Å²) < 4.78 is 15.3. The lowest BCUT2D eigenvalue weighted by Gasteiger charge is -2.18. The molecule has 1 atom stereocenters. The van der Waals surface area contributed by atoms with Crippen LogP contribution in [-0.4, -0.2) is 39.3 Å². The molecule has 0 saturated heterocycles. The van der Waals surface area contributed by atoms with Crippen LogP contribution in [0.4, 0.5) is 0 Å². The number of hydrogen-bond donors (Lipinski definition) is 1. The Hall–Kier alpha value is -2.86. The molecule has 0 aliphatic heterocycles. The topological polar surface area (TPSA) is 73.9 Å². The molecule has 0 radical (unpaired) electrons. The minimum atomic E-state index is -0.897. The number of ether oxygens (including phenoxy) is 3. The fraction of sp³-hybridized carbons (Fsp3) is 0.263. The zero-order valence-corrected chi connectivity index (χ0v) is 14.2. The average molecular weight is 343 g/mol. The van der Waals surface area contributed by atoms with Gasteiger partial charge in [0.15, 0.2) is 6.04 Å². The quantitative estimate of drug-likeness (QED) is 0.588. The number of hydrogen-bond acceptors (Lipinski definition) is 5. The van der Waals surface area contributed by atoms with Crippen molar-refractivity contribution in [2.24, 2.45) is 0 Å². The Morgan fingerprint density at radius 3 is 2.32 bits per heavy atom. The van der Waals surface area contributed by atoms with Crippen LogP contribution in [0.15, 0.2) is 54.6 Å². The van der Waals surface area contributed by atoms with Gasteiger partial charge in [-0.25, -0.2) is 4.79 Å². The second kappa shape index (κ2) is 9.44. The fourth-order valence-electron chi connectivity index (χ4n) is 2.27. The SMILES string of the molecule is COCCOc1ccccc1C(=O)N[C@H](C(=O)OC)c1ccccc1. The van der Waals surface area contributed by atoms with Crippen molar-refractivity contribution in [3.8, 4) is 5.75 Å². The van der Waals surface area contributed by atoms with Gasteiger partial charge in [-0.15, -0.1) is 0 Å². The minimum Gasteiger partial charge on any atom is -0.490 e. The van der Waals surface area contributed by atoms with Gasteiger partial charge in [0.1, 0.15) is 12.4 Å². The van der Waals surface area contributed by atoms with E-state index < -0.39 is 17.9 Å². The molecule has 0 aliphatic carbocycles. The molecule has 0 spiro atoms. The van der Waals surface area contributed by atoms with E-state index in [0.29, 0.717) is 30.1 Å². The molecule has 0 bridgehead atoms. The molecule has 2 aromatic rings. The second-order valence-corrected chi connectivity index (χ2v) is 5.18. The summed E-state index contributed by atoms with van der Waals surface area (Å²) in [5.74, 6) is -0.543. The second-order valence-electron chi connectivity index (χ2n) is 5.18. The van der Waals surface area contributed by atoms with Crippen LogP contribution in [0.2, 0.25) is 0 Å². The normalized spacial score (nSPS) is 11.4. The van der Waals surface area contributed by atoms with E-state index in [1.54, 1.807) is 55.6 Å². The van der Waals surface area contributed by atoms with Gasteiger partial charge in [0.2, 0.25) is 0 Å². The Morgan fingerprint density at radius 2 is 1.64 bits per heavy atom. The number of rotatable bonds is 8. The first kappa shape index (κ1) is 18.5. The van der Waals surface area contributed by atoms with Crippen molar-refractivity contribution in [2.45, 2.75) is 6.04 Å². The number of carbonyl (C=O) groups excluding carboxylic acids is 2. The molecule has 2 aromatic carbocycles. The van der Waals surface area contributed by atoms with Crippen LogP contribution >= 0.6 is 0 Å². The van der Waals surface area contributed by atoms with E-state index in [4.69, 9.17) is 14.2 Å². The summed E-state index contributed by atoms with van der Waals surface area (Å²) in [6.45, 7) is 0.727. The van der Waals surface area contributed by atoms with Gasteiger partial charge in [0.25, 0.3) is 5.91 Å². The fourth-order valence-corrected chi connectivity index (χ4v) is 2.27. The number of nitrogens with one attached hydrogen (secondary N) is 1. The molecule has 0 fully saturated rings. The molecule has 0 aliphatic rings. The average Bonchev–Trinajstić information content (AvgIpc) is 2.66. The van der Waals surface area contributed by atoms with Crippen LogP contribution in [0.25, 0.3) is 0 Å². The summed E-state index contributed by atoms with van der Waals surface area (Å²) in [6, 6.07) is 14.9. The van der Waals surface area contributed by atoms with Crippen molar-refractivity contribution in [3.63, 3.8) is 0 Å². The van der Waals surface area contributed by atoms with Crippen LogP contribution in [0.5, 0.6) is 5.75 Å². The lowest BCUT2D eigenvalue weighted by Crippen LogP contribution is -2.34. The van der Waals surface area contributed by atoms with Gasteiger partial charge >= 0.3 is 5.97 Å². The number of amides is 1. The monoisotopic (exact) mass is 343 g/mol. The first-order valence-corrected chi connectivity index (χ1v) is 7.81. The number of esters is 1. The van der Waals surface area contributed by atoms with E-state index in [-0.39, 0.29) is 0 Å². The van der Waals surface area contributed by atoms with Crippen LogP contribution in [0.3, 0.4) is 0 Å². The molecule has 6 nitrogen and oxygen atoms in total. The Morgan fingerprint density at radius 1 is 0.960 bits per heavy atom. The highest BCUT2D eigenvalue weighted by Gasteiger charge is 2.25. The molecule has 6 heteroatoms. The zero-order chi connectivity index (χ0) is 18.1. The van der Waals surface area contributed by atoms with Gasteiger partial charge in [-0.1, -0.05) is 42.5 Å². The van der Waals surface area contributed by atoms with Crippen molar-refractivity contribution in [1.82, 2.24) is 5.32 Å². The van der Waals surface area contributed by atoms with Crippen molar-refractivity contribution in [1.29, 1.82) is 0 Å². The third-order valence-corrected chi connectivity index (χ3v) is 3.52. The minimum absolute atomic E-state index is 0.319. The van der Waals surface area contributed by atoms with E-state index in [1.807, 2.05) is 6.07 Å². The highest BCUT2D eigenvalue weighted by Crippen LogP contribution is 2.20. The van der Waals surface area contributed by atoms with Gasteiger partial charge in [-0.2, -0.15) is 0 Å². The third-order valence-electron chi connectivity index (χ3n) is 3.52. The smallest absolute Gasteiger partial charge is 0.333 e. The van der Waals surface area contributed by atoms with Crippen LogP contribution in [0, 0.1) is 0 Å². The third kappa shape index (κ3) is 5.06. The summed E-state index contributed by atoms with van der Waals surface area (Å²) in [6.07, 6.45) is 0. The van der Waals surface area contributed by atoms with Gasteiger partial charge in [0, 0.05) is 7.11 Å². The molecule has 0 aromatic heterocycles. The molecule has 0 heterocycles. The Balaban J connectivity index is 2.20. The summed E-state index contributed by atoms with van der Waals surface area (Å²) in [5, 5.41) is 2.71. The lowest BCUT2D eigenvalue weighted by molar-refractivity contribution is -0.143. The first-order chi connectivity index (χ1) is 12.2. The predicted octanol–water partition coefficient (Wildman–Crippen LogP) is 2.36. The van der Waals surface area contributed by atoms with Gasteiger partial charge < -0.3 is 19.5 Å². The number of carbonyl (C=O) groups is 2. The van der Waals surface area contributed by atoms with E-state index in [1.165, 1.54) is 7.11 Å². The molecule has 1 amide bonds. The van der Waals surface area contributed by atoms with E-state index in [2.05, 4.69) is 5.32 Å². The van der Waals surface area contributed by atoms with Crippen molar-refractivity contribution in [3.05, 3.63) is 65.7 Å². The van der Waals surface area contributed by atoms with E-state index in [9.17, 15) is 9.59 Å². The summed E-state index contributed by atoms with van der Waals surface area (Å²) in [5.41, 5.74) is 0.976. The van der Waals surface area contributed by atoms with Crippen LogP contribution in [0.1, 0.15) is 22.0 Å². The molecule has 0 unspecified atom stereocenters. The van der Waals surface area contributed by atoms with Crippen molar-refractivity contribution >= 4 is 11.9 Å². The van der Waals surface area contributed by atoms with Gasteiger partial charge in [-0.05, 0) is 17.7 Å². The predicted molar refractivity (Wildman–Crippen MR) is 92.5 cm³/mol. The number of para-hydroxylation sites is 1. The van der Waals surface area contributed by atoms with Crippen molar-refractivity contribution in [2.75, 3.05) is 27.4 Å². The highest BCUT2D eigenvalue weighted by molar-refractivity contribution is 5.99. The molecular formula is C19H21NO5. The molecule has 1 N–H and O–H groups in total. The summed E-state index contributed by atoms with van der Waals surface area (Å²) in [7, 11) is 2.86. The van der Waals surface area contributed by atoms with Gasteiger partial charge in [-0.3, -0.25) is 4.79 Å². The number of methoxy groups -OCH3 is 2. The highest BCUT2D eigenvalue weighted by atomic mass is 16.5. The van der Waals surface area contributed by atoms with E-state index >= 15 is 0 Å². The molecular weight excluding hydrogens is 322 g/mol. The van der Waals surface area contributed by atoms with Crippen LogP contribution < -0.4 is 10.1 Å². The maximum absolute atomic E-state index is 12.7. The Bertz CT molecular complexity index is 702. The Kier molecular flexibility index (Phi) is 6.98. The zero-order valence-electron chi connectivity index (χ0n) is 14.2. The van der Waals surface area contributed by atoms with Crippen LogP contribution in [-0.2, 0) is 14.3 Å². The maximum atomic E-state index is 12.7. The van der Waals surface area contributed by atoms with Gasteiger partial charge in [0.05, 0.1) is 19.3 Å². The standard InChI is InChI=1S/C19H21NO5/c1-23-12-13-25-16-11-7-6-10-15(16)18(21)20-17(19(22)24-2)14-8-4-3-5-9-14/h3-11,17H,12-13H2,1-2H3,(H,20,21)/t17-/m0/s1. The number of benzene rings is 2. The summed E-state index contributed by atoms with van der Waals surface area (Å²) in [4.78, 5) is 24.8. The first-order valence-electron chi connectivity index (χ1n) is 7.81. The molecule has 25 heavy (non-hydrogen) atoms. The molecule has 2 rings (SSSR count). The Labute approximate surface area is 146 Å². The lowest BCUT2D eigenvalue weighted by atomic mass is 10.1. The maximum Gasteiger partial charge on any atom is 0.333 e.